The largest absolute Gasteiger partial charge is 0.423 e. The van der Waals surface area contributed by atoms with E-state index >= 15 is 0 Å². The molecule has 2 aromatic rings. The average Bonchev–Trinajstić information content (AvgIpc) is 2.94. The van der Waals surface area contributed by atoms with Gasteiger partial charge in [0.2, 0.25) is 0 Å². The number of esters is 1. The predicted molar refractivity (Wildman–Crippen MR) is 84.9 cm³/mol. The van der Waals surface area contributed by atoms with E-state index in [2.05, 4.69) is 0 Å². The van der Waals surface area contributed by atoms with Crippen molar-refractivity contribution in [3.63, 3.8) is 0 Å². The zero-order valence-electron chi connectivity index (χ0n) is 13.4. The van der Waals surface area contributed by atoms with Crippen LogP contribution in [0.25, 0.3) is 11.6 Å². The molecule has 3 rings (SSSR count). The van der Waals surface area contributed by atoms with Gasteiger partial charge in [0.1, 0.15) is 5.76 Å². The summed E-state index contributed by atoms with van der Waals surface area (Å²) < 4.78 is 80.8. The second-order valence-electron chi connectivity index (χ2n) is 5.68. The molecule has 1 heterocycles. The highest BCUT2D eigenvalue weighted by molar-refractivity contribution is 6.03. The van der Waals surface area contributed by atoms with Crippen LogP contribution in [0.4, 0.5) is 26.3 Å². The van der Waals surface area contributed by atoms with Crippen LogP contribution in [0.1, 0.15) is 22.3 Å². The van der Waals surface area contributed by atoms with Gasteiger partial charge in [0.15, 0.2) is 0 Å². The maximum Gasteiger partial charge on any atom is 0.416 e. The van der Waals surface area contributed by atoms with Crippen LogP contribution in [0.3, 0.4) is 0 Å². The molecule has 0 radical (unpaired) electrons. The van der Waals surface area contributed by atoms with Gasteiger partial charge in [0.25, 0.3) is 0 Å². The minimum atomic E-state index is -4.49. The van der Waals surface area contributed by atoms with Gasteiger partial charge in [-0.05, 0) is 41.5 Å². The summed E-state index contributed by atoms with van der Waals surface area (Å²) >= 11 is 0. The Morgan fingerprint density at radius 1 is 0.741 bits per heavy atom. The van der Waals surface area contributed by atoms with Crippen LogP contribution in [0.15, 0.2) is 60.4 Å². The molecule has 0 fully saturated rings. The first kappa shape index (κ1) is 18.8. The normalized spacial score (nSPS) is 16.4. The van der Waals surface area contributed by atoms with E-state index < -0.39 is 29.4 Å². The van der Waals surface area contributed by atoms with E-state index in [1.165, 1.54) is 30.3 Å². The molecular formula is C19H10F6O2. The molecule has 0 aliphatic carbocycles. The monoisotopic (exact) mass is 384 g/mol. The number of rotatable bonds is 2. The van der Waals surface area contributed by atoms with Crippen LogP contribution in [-0.2, 0) is 21.9 Å². The molecule has 0 saturated heterocycles. The topological polar surface area (TPSA) is 26.3 Å². The minimum Gasteiger partial charge on any atom is -0.423 e. The second-order valence-corrected chi connectivity index (χ2v) is 5.68. The fraction of sp³-hybridized carbons (Fsp3) is 0.105. The summed E-state index contributed by atoms with van der Waals surface area (Å²) in [6.07, 6.45) is -6.52. The van der Waals surface area contributed by atoms with Crippen molar-refractivity contribution in [3.8, 4) is 0 Å². The molecule has 27 heavy (non-hydrogen) atoms. The Morgan fingerprint density at radius 2 is 1.22 bits per heavy atom. The molecule has 0 amide bonds. The third kappa shape index (κ3) is 4.21. The van der Waals surface area contributed by atoms with Crippen molar-refractivity contribution in [1.82, 2.24) is 0 Å². The summed E-state index contributed by atoms with van der Waals surface area (Å²) in [6, 6.07) is 8.28. The van der Waals surface area contributed by atoms with Crippen molar-refractivity contribution in [1.29, 1.82) is 0 Å². The number of benzene rings is 2. The van der Waals surface area contributed by atoms with E-state index in [1.807, 2.05) is 0 Å². The molecule has 2 nitrogen and oxygen atoms in total. The molecule has 1 aliphatic rings. The Morgan fingerprint density at radius 3 is 1.70 bits per heavy atom. The molecule has 0 atom stereocenters. The number of carbonyl (C=O) groups excluding carboxylic acids is 1. The molecule has 0 N–H and O–H groups in total. The van der Waals surface area contributed by atoms with Gasteiger partial charge in [-0.25, -0.2) is 4.79 Å². The summed E-state index contributed by atoms with van der Waals surface area (Å²) in [4.78, 5) is 11.6. The lowest BCUT2D eigenvalue weighted by Gasteiger charge is -2.09. The summed E-state index contributed by atoms with van der Waals surface area (Å²) in [5.41, 5.74) is -0.775. The smallest absolute Gasteiger partial charge is 0.416 e. The van der Waals surface area contributed by atoms with E-state index in [4.69, 9.17) is 4.74 Å². The summed E-state index contributed by atoms with van der Waals surface area (Å²) in [7, 11) is 0. The van der Waals surface area contributed by atoms with Crippen LogP contribution in [0, 0.1) is 0 Å². The van der Waals surface area contributed by atoms with Gasteiger partial charge in [-0.15, -0.1) is 0 Å². The number of hydrogen-bond donors (Lipinski definition) is 0. The fourth-order valence-corrected chi connectivity index (χ4v) is 2.47. The fourth-order valence-electron chi connectivity index (χ4n) is 2.47. The van der Waals surface area contributed by atoms with E-state index in [-0.39, 0.29) is 11.3 Å². The molecule has 2 aromatic carbocycles. The Labute approximate surface area is 149 Å². The number of carbonyl (C=O) groups is 1. The van der Waals surface area contributed by atoms with Gasteiger partial charge in [0.05, 0.1) is 11.1 Å². The van der Waals surface area contributed by atoms with Gasteiger partial charge >= 0.3 is 18.3 Å². The van der Waals surface area contributed by atoms with Gasteiger partial charge in [-0.3, -0.25) is 0 Å². The van der Waals surface area contributed by atoms with Crippen LogP contribution < -0.4 is 0 Å². The van der Waals surface area contributed by atoms with Crippen molar-refractivity contribution in [3.05, 3.63) is 82.6 Å². The number of hydrogen-bond acceptors (Lipinski definition) is 2. The SMILES string of the molecule is O=C1C=C(c2ccc(C(F)(F)F)cc2)/C(=C/c2ccc(C(F)(F)F)cc2)O1. The highest BCUT2D eigenvalue weighted by atomic mass is 19.4. The molecule has 140 valence electrons. The third-order valence-corrected chi connectivity index (χ3v) is 3.80. The van der Waals surface area contributed by atoms with Gasteiger partial charge in [-0.1, -0.05) is 24.3 Å². The summed E-state index contributed by atoms with van der Waals surface area (Å²) in [5.74, 6) is -0.678. The van der Waals surface area contributed by atoms with Crippen LogP contribution in [0.5, 0.6) is 0 Å². The molecule has 8 heteroatoms. The number of alkyl halides is 6. The maximum absolute atomic E-state index is 12.7. The minimum absolute atomic E-state index is 0.0412. The molecular weight excluding hydrogens is 374 g/mol. The van der Waals surface area contributed by atoms with Crippen molar-refractivity contribution in [2.24, 2.45) is 0 Å². The average molecular weight is 384 g/mol. The lowest BCUT2D eigenvalue weighted by Crippen LogP contribution is -2.04. The Kier molecular flexibility index (Phi) is 4.59. The highest BCUT2D eigenvalue weighted by Gasteiger charge is 2.31. The van der Waals surface area contributed by atoms with E-state index in [9.17, 15) is 31.1 Å². The molecule has 0 spiro atoms. The van der Waals surface area contributed by atoms with E-state index in [0.29, 0.717) is 11.1 Å². The highest BCUT2D eigenvalue weighted by Crippen LogP contribution is 2.35. The van der Waals surface area contributed by atoms with Crippen LogP contribution in [0.2, 0.25) is 0 Å². The van der Waals surface area contributed by atoms with Crippen molar-refractivity contribution < 1.29 is 35.9 Å². The van der Waals surface area contributed by atoms with Crippen molar-refractivity contribution >= 4 is 17.6 Å². The number of halogens is 6. The number of cyclic esters (lactones) is 1. The Balaban J connectivity index is 1.91. The first-order valence-electron chi connectivity index (χ1n) is 7.54. The van der Waals surface area contributed by atoms with Gasteiger partial charge in [0, 0.05) is 11.6 Å². The Hall–Kier alpha value is -3.03. The lowest BCUT2D eigenvalue weighted by molar-refractivity contribution is -0.138. The van der Waals surface area contributed by atoms with Crippen molar-refractivity contribution in [2.75, 3.05) is 0 Å². The molecule has 0 unspecified atom stereocenters. The second kappa shape index (κ2) is 6.61. The molecule has 0 saturated carbocycles. The molecule has 0 aromatic heterocycles. The zero-order valence-corrected chi connectivity index (χ0v) is 13.4. The quantitative estimate of drug-likeness (QED) is 0.490. The number of allylic oxidation sites excluding steroid dienone is 1. The van der Waals surface area contributed by atoms with E-state index in [0.717, 1.165) is 30.3 Å². The van der Waals surface area contributed by atoms with Crippen molar-refractivity contribution in [2.45, 2.75) is 12.4 Å². The van der Waals surface area contributed by atoms with Gasteiger partial charge in [-0.2, -0.15) is 26.3 Å². The maximum atomic E-state index is 12.7. The van der Waals surface area contributed by atoms with E-state index in [1.54, 1.807) is 0 Å². The Bertz CT molecular complexity index is 917. The predicted octanol–water partition coefficient (Wildman–Crippen LogP) is 5.71. The van der Waals surface area contributed by atoms with Gasteiger partial charge < -0.3 is 4.74 Å². The zero-order chi connectivity index (χ0) is 19.8. The van der Waals surface area contributed by atoms with Crippen LogP contribution in [-0.4, -0.2) is 5.97 Å². The van der Waals surface area contributed by atoms with Crippen LogP contribution >= 0.6 is 0 Å². The first-order chi connectivity index (χ1) is 12.5. The first-order valence-corrected chi connectivity index (χ1v) is 7.54. The lowest BCUT2D eigenvalue weighted by atomic mass is 10.0. The summed E-state index contributed by atoms with van der Waals surface area (Å²) in [5, 5.41) is 0. The molecule has 1 aliphatic heterocycles. The summed E-state index contributed by atoms with van der Waals surface area (Å²) in [6.45, 7) is 0. The standard InChI is InChI=1S/C19H10F6O2/c20-18(21,22)13-5-1-11(2-6-13)9-16-15(10-17(26)27-16)12-3-7-14(8-4-12)19(23,24)25/h1-10H/b16-9-. The third-order valence-electron chi connectivity index (χ3n) is 3.80. The molecule has 0 bridgehead atoms. The number of ether oxygens (including phenoxy) is 1.